The maximum absolute atomic E-state index is 11.0. The Kier molecular flexibility index (Phi) is 2.64. The molecule has 2 rings (SSSR count). The van der Waals surface area contributed by atoms with Crippen molar-refractivity contribution in [3.63, 3.8) is 0 Å². The Morgan fingerprint density at radius 1 is 1.19 bits per heavy atom. The Labute approximate surface area is 92.7 Å². The van der Waals surface area contributed by atoms with Crippen LogP contribution in [0.15, 0.2) is 42.7 Å². The molecule has 1 aromatic heterocycles. The van der Waals surface area contributed by atoms with Crippen LogP contribution in [0.3, 0.4) is 0 Å². The van der Waals surface area contributed by atoms with E-state index in [1.807, 2.05) is 30.3 Å². The van der Waals surface area contributed by atoms with Crippen LogP contribution in [0.2, 0.25) is 0 Å². The van der Waals surface area contributed by atoms with Crippen LogP contribution in [0.1, 0.15) is 5.56 Å². The average Bonchev–Trinajstić information content (AvgIpc) is 2.29. The van der Waals surface area contributed by atoms with E-state index in [2.05, 4.69) is 4.98 Å². The summed E-state index contributed by atoms with van der Waals surface area (Å²) < 4.78 is 0. The molecule has 0 bridgehead atoms. The smallest absolute Gasteiger partial charge is 0.263 e. The van der Waals surface area contributed by atoms with Gasteiger partial charge in [0.15, 0.2) is 0 Å². The molecule has 0 saturated heterocycles. The van der Waals surface area contributed by atoms with Gasteiger partial charge in [0.2, 0.25) is 0 Å². The van der Waals surface area contributed by atoms with Crippen molar-refractivity contribution in [2.45, 2.75) is 6.92 Å². The van der Waals surface area contributed by atoms with Gasteiger partial charge in [0.05, 0.1) is 10.5 Å². The normalized spacial score (nSPS) is 10.1. The molecule has 0 aliphatic carbocycles. The minimum Gasteiger partial charge on any atom is -0.263 e. The summed E-state index contributed by atoms with van der Waals surface area (Å²) in [5.41, 5.74) is 2.07. The number of rotatable bonds is 2. The van der Waals surface area contributed by atoms with E-state index in [0.29, 0.717) is 11.1 Å². The van der Waals surface area contributed by atoms with Gasteiger partial charge in [-0.1, -0.05) is 30.3 Å². The molecule has 4 nitrogen and oxygen atoms in total. The molecule has 0 aliphatic rings. The highest BCUT2D eigenvalue weighted by Crippen LogP contribution is 2.31. The van der Waals surface area contributed by atoms with Gasteiger partial charge in [0.25, 0.3) is 5.69 Å². The first-order chi connectivity index (χ1) is 7.70. The SMILES string of the molecule is Cc1cncc(-c2ccccc2)c1[N+](=O)[O-]. The van der Waals surface area contributed by atoms with E-state index in [4.69, 9.17) is 0 Å². The predicted octanol–water partition coefficient (Wildman–Crippen LogP) is 2.97. The number of hydrogen-bond donors (Lipinski definition) is 0. The van der Waals surface area contributed by atoms with Crippen molar-refractivity contribution in [1.82, 2.24) is 4.98 Å². The van der Waals surface area contributed by atoms with Gasteiger partial charge in [-0.25, -0.2) is 0 Å². The summed E-state index contributed by atoms with van der Waals surface area (Å²) in [6, 6.07) is 9.24. The van der Waals surface area contributed by atoms with Crippen LogP contribution in [0, 0.1) is 17.0 Å². The van der Waals surface area contributed by atoms with Gasteiger partial charge >= 0.3 is 0 Å². The fourth-order valence-corrected chi connectivity index (χ4v) is 1.63. The second kappa shape index (κ2) is 4.10. The third-order valence-electron chi connectivity index (χ3n) is 2.37. The largest absolute Gasteiger partial charge is 0.283 e. The first-order valence-electron chi connectivity index (χ1n) is 4.84. The van der Waals surface area contributed by atoms with Crippen molar-refractivity contribution in [3.05, 3.63) is 58.4 Å². The molecule has 1 heterocycles. The lowest BCUT2D eigenvalue weighted by Gasteiger charge is -2.04. The lowest BCUT2D eigenvalue weighted by molar-refractivity contribution is -0.384. The van der Waals surface area contributed by atoms with E-state index >= 15 is 0 Å². The number of aromatic nitrogens is 1. The van der Waals surface area contributed by atoms with Gasteiger partial charge < -0.3 is 0 Å². The quantitative estimate of drug-likeness (QED) is 0.570. The van der Waals surface area contributed by atoms with Crippen molar-refractivity contribution in [2.24, 2.45) is 0 Å². The zero-order valence-corrected chi connectivity index (χ0v) is 8.75. The maximum Gasteiger partial charge on any atom is 0.283 e. The highest BCUT2D eigenvalue weighted by Gasteiger charge is 2.18. The molecule has 1 aromatic carbocycles. The first-order valence-corrected chi connectivity index (χ1v) is 4.84. The molecule has 0 saturated carbocycles. The fourth-order valence-electron chi connectivity index (χ4n) is 1.63. The van der Waals surface area contributed by atoms with Crippen LogP contribution in [0.5, 0.6) is 0 Å². The molecule has 0 unspecified atom stereocenters. The molecular weight excluding hydrogens is 204 g/mol. The molecule has 2 aromatic rings. The highest BCUT2D eigenvalue weighted by molar-refractivity contribution is 5.74. The van der Waals surface area contributed by atoms with Gasteiger partial charge in [-0.05, 0) is 12.5 Å². The molecule has 0 spiro atoms. The van der Waals surface area contributed by atoms with E-state index in [0.717, 1.165) is 5.56 Å². The molecular formula is C12H10N2O2. The lowest BCUT2D eigenvalue weighted by Crippen LogP contribution is -1.96. The summed E-state index contributed by atoms with van der Waals surface area (Å²) in [7, 11) is 0. The molecule has 0 fully saturated rings. The summed E-state index contributed by atoms with van der Waals surface area (Å²) in [6.07, 6.45) is 3.03. The number of nitro groups is 1. The fraction of sp³-hybridized carbons (Fsp3) is 0.0833. The van der Waals surface area contributed by atoms with Crippen LogP contribution in [0.25, 0.3) is 11.1 Å². The molecule has 0 amide bonds. The second-order valence-electron chi connectivity index (χ2n) is 3.48. The minimum absolute atomic E-state index is 0.126. The van der Waals surface area contributed by atoms with Gasteiger partial charge in [-0.3, -0.25) is 15.1 Å². The first kappa shape index (κ1) is 10.3. The third-order valence-corrected chi connectivity index (χ3v) is 2.37. The van der Waals surface area contributed by atoms with E-state index in [1.54, 1.807) is 6.92 Å². The van der Waals surface area contributed by atoms with Gasteiger partial charge in [-0.2, -0.15) is 0 Å². The van der Waals surface area contributed by atoms with Crippen molar-refractivity contribution >= 4 is 5.69 Å². The average molecular weight is 214 g/mol. The molecule has 80 valence electrons. The zero-order chi connectivity index (χ0) is 11.5. The van der Waals surface area contributed by atoms with Gasteiger partial charge in [0.1, 0.15) is 0 Å². The molecule has 16 heavy (non-hydrogen) atoms. The Morgan fingerprint density at radius 2 is 1.88 bits per heavy atom. The van der Waals surface area contributed by atoms with E-state index in [1.165, 1.54) is 12.4 Å². The van der Waals surface area contributed by atoms with E-state index in [-0.39, 0.29) is 10.6 Å². The summed E-state index contributed by atoms with van der Waals surface area (Å²) in [6.45, 7) is 1.69. The van der Waals surface area contributed by atoms with Gasteiger partial charge in [-0.15, -0.1) is 0 Å². The Bertz CT molecular complexity index is 524. The molecule has 0 radical (unpaired) electrons. The summed E-state index contributed by atoms with van der Waals surface area (Å²) in [4.78, 5) is 14.6. The van der Waals surface area contributed by atoms with Crippen LogP contribution in [-0.4, -0.2) is 9.91 Å². The topological polar surface area (TPSA) is 56.0 Å². The second-order valence-corrected chi connectivity index (χ2v) is 3.48. The Balaban J connectivity index is 2.66. The predicted molar refractivity (Wildman–Crippen MR) is 61.1 cm³/mol. The summed E-state index contributed by atoms with van der Waals surface area (Å²) in [5.74, 6) is 0. The Hall–Kier alpha value is -2.23. The molecule has 0 atom stereocenters. The number of pyridine rings is 1. The molecule has 0 aliphatic heterocycles. The van der Waals surface area contributed by atoms with Crippen LogP contribution < -0.4 is 0 Å². The third kappa shape index (κ3) is 1.77. The monoisotopic (exact) mass is 214 g/mol. The standard InChI is InChI=1S/C12H10N2O2/c1-9-7-13-8-11(12(9)14(15)16)10-5-3-2-4-6-10/h2-8H,1H3. The lowest BCUT2D eigenvalue weighted by atomic mass is 10.0. The van der Waals surface area contributed by atoms with E-state index < -0.39 is 0 Å². The van der Waals surface area contributed by atoms with Crippen molar-refractivity contribution < 1.29 is 4.92 Å². The highest BCUT2D eigenvalue weighted by atomic mass is 16.6. The van der Waals surface area contributed by atoms with E-state index in [9.17, 15) is 10.1 Å². The van der Waals surface area contributed by atoms with Crippen LogP contribution in [-0.2, 0) is 0 Å². The van der Waals surface area contributed by atoms with Gasteiger partial charge in [0, 0.05) is 18.0 Å². The number of nitrogens with zero attached hydrogens (tertiary/aromatic N) is 2. The number of hydrogen-bond acceptors (Lipinski definition) is 3. The van der Waals surface area contributed by atoms with Crippen LogP contribution in [0.4, 0.5) is 5.69 Å². The van der Waals surface area contributed by atoms with Crippen molar-refractivity contribution in [1.29, 1.82) is 0 Å². The number of benzene rings is 1. The summed E-state index contributed by atoms with van der Waals surface area (Å²) >= 11 is 0. The number of aryl methyl sites for hydroxylation is 1. The summed E-state index contributed by atoms with van der Waals surface area (Å²) in [5, 5.41) is 11.0. The molecule has 4 heteroatoms. The van der Waals surface area contributed by atoms with Crippen molar-refractivity contribution in [3.8, 4) is 11.1 Å². The maximum atomic E-state index is 11.0. The Morgan fingerprint density at radius 3 is 2.50 bits per heavy atom. The van der Waals surface area contributed by atoms with Crippen molar-refractivity contribution in [2.75, 3.05) is 0 Å². The van der Waals surface area contributed by atoms with Crippen LogP contribution >= 0.6 is 0 Å². The zero-order valence-electron chi connectivity index (χ0n) is 8.75. The minimum atomic E-state index is -0.362. The molecule has 0 N–H and O–H groups in total.